The third-order valence-corrected chi connectivity index (χ3v) is 6.15. The van der Waals surface area contributed by atoms with E-state index in [-0.39, 0.29) is 19.1 Å². The van der Waals surface area contributed by atoms with Crippen LogP contribution in [0.3, 0.4) is 0 Å². The fraction of sp³-hybridized carbons (Fsp3) is 0.429. The summed E-state index contributed by atoms with van der Waals surface area (Å²) in [5.74, 6) is -0.726. The number of carbonyl (C=O) groups excluding carboxylic acids is 2. The van der Waals surface area contributed by atoms with Crippen LogP contribution in [0.25, 0.3) is 11.1 Å². The van der Waals surface area contributed by atoms with Gasteiger partial charge >= 0.3 is 12.1 Å². The average molecular weight is 466 g/mol. The third-order valence-electron chi connectivity index (χ3n) is 6.15. The van der Waals surface area contributed by atoms with Gasteiger partial charge in [0.25, 0.3) is 0 Å². The Morgan fingerprint density at radius 1 is 0.912 bits per heavy atom. The summed E-state index contributed by atoms with van der Waals surface area (Å²) in [5, 5.41) is 12.0. The van der Waals surface area contributed by atoms with Crippen LogP contribution >= 0.6 is 0 Å². The smallest absolute Gasteiger partial charge is 0.407 e. The Hall–Kier alpha value is -3.12. The Labute approximate surface area is 202 Å². The van der Waals surface area contributed by atoms with Gasteiger partial charge in [0.15, 0.2) is 6.04 Å². The van der Waals surface area contributed by atoms with Crippen molar-refractivity contribution in [2.75, 3.05) is 19.8 Å². The molecule has 2 N–H and O–H groups in total. The van der Waals surface area contributed by atoms with Gasteiger partial charge in [0.2, 0.25) is 0 Å². The quantitative estimate of drug-likeness (QED) is 0.223. The van der Waals surface area contributed by atoms with Crippen molar-refractivity contribution < 1.29 is 24.2 Å². The number of amides is 1. The van der Waals surface area contributed by atoms with Crippen LogP contribution < -0.4 is 5.32 Å². The Kier molecular flexibility index (Phi) is 10.2. The largest absolute Gasteiger partial charge is 0.464 e. The van der Waals surface area contributed by atoms with Gasteiger partial charge in [-0.1, -0.05) is 80.3 Å². The van der Waals surface area contributed by atoms with Crippen molar-refractivity contribution in [3.8, 4) is 11.1 Å². The van der Waals surface area contributed by atoms with Crippen LogP contribution in [-0.2, 0) is 14.3 Å². The Balaban J connectivity index is 1.40. The number of benzene rings is 2. The van der Waals surface area contributed by atoms with E-state index in [1.54, 1.807) is 0 Å². The molecule has 0 bridgehead atoms. The van der Waals surface area contributed by atoms with E-state index in [2.05, 4.69) is 24.0 Å². The van der Waals surface area contributed by atoms with Crippen LogP contribution in [-0.4, -0.2) is 43.0 Å². The number of unbranched alkanes of at least 4 members (excludes halogenated alkanes) is 6. The van der Waals surface area contributed by atoms with Gasteiger partial charge in [-0.2, -0.15) is 0 Å². The summed E-state index contributed by atoms with van der Waals surface area (Å²) in [4.78, 5) is 24.6. The van der Waals surface area contributed by atoms with Crippen LogP contribution in [0.15, 0.2) is 61.2 Å². The third kappa shape index (κ3) is 6.94. The molecule has 0 heterocycles. The zero-order valence-corrected chi connectivity index (χ0v) is 19.7. The molecule has 0 fully saturated rings. The summed E-state index contributed by atoms with van der Waals surface area (Å²) >= 11 is 0. The van der Waals surface area contributed by atoms with Crippen molar-refractivity contribution in [3.63, 3.8) is 0 Å². The number of ether oxygens (including phenoxy) is 2. The molecule has 0 radical (unpaired) electrons. The summed E-state index contributed by atoms with van der Waals surface area (Å²) < 4.78 is 10.7. The zero-order valence-electron chi connectivity index (χ0n) is 19.7. The number of rotatable bonds is 14. The number of allylic oxidation sites excluding steroid dienone is 1. The fourth-order valence-electron chi connectivity index (χ4n) is 4.33. The lowest BCUT2D eigenvalue weighted by Crippen LogP contribution is -2.45. The highest BCUT2D eigenvalue weighted by molar-refractivity contribution is 5.82. The maximum absolute atomic E-state index is 12.4. The second-order valence-corrected chi connectivity index (χ2v) is 8.57. The summed E-state index contributed by atoms with van der Waals surface area (Å²) in [7, 11) is 0. The Morgan fingerprint density at radius 3 is 2.12 bits per heavy atom. The molecular weight excluding hydrogens is 430 g/mol. The van der Waals surface area contributed by atoms with E-state index in [1.165, 1.54) is 6.42 Å². The first-order valence-electron chi connectivity index (χ1n) is 12.2. The van der Waals surface area contributed by atoms with E-state index < -0.39 is 24.7 Å². The Bertz CT molecular complexity index is 912. The lowest BCUT2D eigenvalue weighted by molar-refractivity contribution is -0.147. The van der Waals surface area contributed by atoms with Crippen LogP contribution in [0, 0.1) is 0 Å². The SMILES string of the molecule is C=CCCCCCCCCOC(=O)[C@H](CO)NC(=O)OCC1c2ccccc2-c2ccccc21. The molecule has 1 atom stereocenters. The fourth-order valence-corrected chi connectivity index (χ4v) is 4.33. The van der Waals surface area contributed by atoms with Crippen LogP contribution in [0.5, 0.6) is 0 Å². The van der Waals surface area contributed by atoms with Gasteiger partial charge in [-0.15, -0.1) is 6.58 Å². The van der Waals surface area contributed by atoms with Crippen molar-refractivity contribution in [3.05, 3.63) is 72.3 Å². The molecule has 0 saturated heterocycles. The predicted octanol–water partition coefficient (Wildman–Crippen LogP) is 5.35. The molecule has 0 unspecified atom stereocenters. The second-order valence-electron chi connectivity index (χ2n) is 8.57. The van der Waals surface area contributed by atoms with Gasteiger partial charge in [0.1, 0.15) is 6.61 Å². The van der Waals surface area contributed by atoms with E-state index >= 15 is 0 Å². The van der Waals surface area contributed by atoms with Crippen LogP contribution in [0.1, 0.15) is 62.0 Å². The number of nitrogens with one attached hydrogen (secondary N) is 1. The predicted molar refractivity (Wildman–Crippen MR) is 133 cm³/mol. The highest BCUT2D eigenvalue weighted by atomic mass is 16.6. The molecule has 34 heavy (non-hydrogen) atoms. The van der Waals surface area contributed by atoms with Crippen molar-refractivity contribution in [1.29, 1.82) is 0 Å². The summed E-state index contributed by atoms with van der Waals surface area (Å²) in [6.45, 7) is 3.58. The molecular formula is C28H35NO5. The lowest BCUT2D eigenvalue weighted by Gasteiger charge is -2.18. The minimum Gasteiger partial charge on any atom is -0.464 e. The first-order chi connectivity index (χ1) is 16.7. The first kappa shape index (κ1) is 25.5. The number of aliphatic hydroxyl groups is 1. The second kappa shape index (κ2) is 13.6. The Morgan fingerprint density at radius 2 is 1.50 bits per heavy atom. The van der Waals surface area contributed by atoms with Gasteiger partial charge in [-0.25, -0.2) is 9.59 Å². The molecule has 1 aliphatic rings. The summed E-state index contributed by atoms with van der Waals surface area (Å²) in [5.41, 5.74) is 4.49. The maximum Gasteiger partial charge on any atom is 0.407 e. The van der Waals surface area contributed by atoms with E-state index in [0.717, 1.165) is 60.8 Å². The van der Waals surface area contributed by atoms with Gasteiger partial charge in [0, 0.05) is 5.92 Å². The van der Waals surface area contributed by atoms with Gasteiger partial charge in [-0.05, 0) is 41.5 Å². The zero-order chi connectivity index (χ0) is 24.2. The normalized spacial score (nSPS) is 13.0. The topological polar surface area (TPSA) is 84.9 Å². The number of fused-ring (bicyclic) bond motifs is 3. The number of hydrogen-bond acceptors (Lipinski definition) is 5. The standard InChI is InChI=1S/C28H35NO5/c1-2-3-4-5-6-7-8-13-18-33-27(31)26(19-30)29-28(32)34-20-25-23-16-11-9-14-21(23)22-15-10-12-17-24(22)25/h2,9-12,14-17,25-26,30H,1,3-8,13,18-20H2,(H,29,32)/t26-/m0/s1. The highest BCUT2D eigenvalue weighted by Crippen LogP contribution is 2.44. The van der Waals surface area contributed by atoms with Crippen molar-refractivity contribution in [1.82, 2.24) is 5.32 Å². The van der Waals surface area contributed by atoms with Crippen LogP contribution in [0.2, 0.25) is 0 Å². The van der Waals surface area contributed by atoms with Crippen molar-refractivity contribution in [2.24, 2.45) is 0 Å². The van der Waals surface area contributed by atoms with E-state index in [9.17, 15) is 14.7 Å². The number of hydrogen-bond donors (Lipinski definition) is 2. The lowest BCUT2D eigenvalue weighted by atomic mass is 9.98. The molecule has 0 aliphatic heterocycles. The molecule has 1 aliphatic carbocycles. The van der Waals surface area contributed by atoms with Gasteiger partial charge in [0.05, 0.1) is 13.2 Å². The molecule has 182 valence electrons. The van der Waals surface area contributed by atoms with E-state index in [1.807, 2.05) is 42.5 Å². The minimum atomic E-state index is -1.14. The molecule has 0 spiro atoms. The highest BCUT2D eigenvalue weighted by Gasteiger charge is 2.29. The van der Waals surface area contributed by atoms with Crippen molar-refractivity contribution >= 4 is 12.1 Å². The average Bonchev–Trinajstić information content (AvgIpc) is 3.18. The number of alkyl carbamates (subject to hydrolysis) is 1. The summed E-state index contributed by atoms with van der Waals surface area (Å²) in [6, 6.07) is 15.0. The molecule has 2 aromatic carbocycles. The summed E-state index contributed by atoms with van der Waals surface area (Å²) in [6.07, 6.45) is 8.57. The van der Waals surface area contributed by atoms with Crippen LogP contribution in [0.4, 0.5) is 4.79 Å². The van der Waals surface area contributed by atoms with Crippen molar-refractivity contribution in [2.45, 2.75) is 56.9 Å². The molecule has 1 amide bonds. The number of esters is 1. The maximum atomic E-state index is 12.4. The molecule has 0 saturated carbocycles. The minimum absolute atomic E-state index is 0.0746. The molecule has 0 aromatic heterocycles. The number of aliphatic hydroxyl groups excluding tert-OH is 1. The van der Waals surface area contributed by atoms with Gasteiger partial charge in [-0.3, -0.25) is 0 Å². The molecule has 3 rings (SSSR count). The number of carbonyl (C=O) groups is 2. The monoisotopic (exact) mass is 465 g/mol. The first-order valence-corrected chi connectivity index (χ1v) is 12.2. The van der Waals surface area contributed by atoms with E-state index in [0.29, 0.717) is 0 Å². The molecule has 6 nitrogen and oxygen atoms in total. The molecule has 2 aromatic rings. The molecule has 6 heteroatoms. The van der Waals surface area contributed by atoms with E-state index in [4.69, 9.17) is 9.47 Å². The van der Waals surface area contributed by atoms with Gasteiger partial charge < -0.3 is 19.9 Å².